The second-order valence-electron chi connectivity index (χ2n) is 5.40. The lowest BCUT2D eigenvalue weighted by Gasteiger charge is -2.20. The number of carbonyl (C=O) groups is 2. The molecule has 0 bridgehead atoms. The van der Waals surface area contributed by atoms with Crippen LogP contribution < -0.4 is 5.32 Å². The summed E-state index contributed by atoms with van der Waals surface area (Å²) in [5.41, 5.74) is 2.34. The standard InChI is InChI=1S/C17H18N4O4/c1-3-21(9-11-6-7-25-10-11)17(23)18-12-4-5-14-13(8-12)15(20-19-14)16(22)24-2/h4-8,10H,3,9H2,1-2H3,(H,18,23)(H,19,20). The number of hydrogen-bond donors (Lipinski definition) is 2. The highest BCUT2D eigenvalue weighted by atomic mass is 16.5. The largest absolute Gasteiger partial charge is 0.472 e. The van der Waals surface area contributed by atoms with Gasteiger partial charge in [-0.25, -0.2) is 9.59 Å². The molecule has 3 aromatic rings. The van der Waals surface area contributed by atoms with Gasteiger partial charge in [-0.15, -0.1) is 0 Å². The van der Waals surface area contributed by atoms with Crippen molar-refractivity contribution in [1.29, 1.82) is 0 Å². The van der Waals surface area contributed by atoms with Gasteiger partial charge in [0.1, 0.15) is 0 Å². The summed E-state index contributed by atoms with van der Waals surface area (Å²) in [6.07, 6.45) is 3.18. The Kier molecular flexibility index (Phi) is 4.69. The van der Waals surface area contributed by atoms with Crippen LogP contribution in [0.15, 0.2) is 41.2 Å². The number of esters is 1. The number of urea groups is 1. The van der Waals surface area contributed by atoms with Gasteiger partial charge in [0.15, 0.2) is 5.69 Å². The second kappa shape index (κ2) is 7.08. The van der Waals surface area contributed by atoms with Crippen molar-refractivity contribution in [2.75, 3.05) is 19.0 Å². The molecule has 0 aliphatic carbocycles. The summed E-state index contributed by atoms with van der Waals surface area (Å²) in [4.78, 5) is 25.9. The van der Waals surface area contributed by atoms with E-state index in [2.05, 4.69) is 15.5 Å². The molecule has 3 rings (SSSR count). The number of rotatable bonds is 5. The number of fused-ring (bicyclic) bond motifs is 1. The number of nitrogens with one attached hydrogen (secondary N) is 2. The van der Waals surface area contributed by atoms with Crippen LogP contribution >= 0.6 is 0 Å². The van der Waals surface area contributed by atoms with Crippen molar-refractivity contribution in [3.8, 4) is 0 Å². The molecule has 2 N–H and O–H groups in total. The minimum absolute atomic E-state index is 0.180. The van der Waals surface area contributed by atoms with Crippen molar-refractivity contribution < 1.29 is 18.7 Å². The Morgan fingerprint density at radius 2 is 2.20 bits per heavy atom. The molecule has 2 heterocycles. The maximum absolute atomic E-state index is 12.5. The number of carbonyl (C=O) groups excluding carboxylic acids is 2. The fourth-order valence-corrected chi connectivity index (χ4v) is 2.48. The first-order valence-electron chi connectivity index (χ1n) is 7.75. The lowest BCUT2D eigenvalue weighted by atomic mass is 10.2. The molecule has 1 aromatic carbocycles. The SMILES string of the molecule is CCN(Cc1ccoc1)C(=O)Nc1ccc2[nH]nc(C(=O)OC)c2c1. The van der Waals surface area contributed by atoms with Crippen LogP contribution in [-0.4, -0.2) is 40.8 Å². The third-order valence-electron chi connectivity index (χ3n) is 3.82. The molecule has 0 saturated carbocycles. The molecular formula is C17H18N4O4. The highest BCUT2D eigenvalue weighted by Crippen LogP contribution is 2.21. The van der Waals surface area contributed by atoms with E-state index < -0.39 is 5.97 Å². The summed E-state index contributed by atoms with van der Waals surface area (Å²) < 4.78 is 9.74. The van der Waals surface area contributed by atoms with Crippen molar-refractivity contribution in [2.45, 2.75) is 13.5 Å². The number of anilines is 1. The normalized spacial score (nSPS) is 10.6. The summed E-state index contributed by atoms with van der Waals surface area (Å²) in [5, 5.41) is 10.1. The van der Waals surface area contributed by atoms with Crippen molar-refractivity contribution >= 4 is 28.6 Å². The van der Waals surface area contributed by atoms with Gasteiger partial charge in [0, 0.05) is 23.2 Å². The highest BCUT2D eigenvalue weighted by molar-refractivity contribution is 6.03. The van der Waals surface area contributed by atoms with Crippen LogP contribution in [0.2, 0.25) is 0 Å². The molecule has 8 nitrogen and oxygen atoms in total. The molecule has 0 aliphatic rings. The second-order valence-corrected chi connectivity index (χ2v) is 5.40. The van der Waals surface area contributed by atoms with E-state index in [-0.39, 0.29) is 11.7 Å². The van der Waals surface area contributed by atoms with Gasteiger partial charge in [-0.05, 0) is 31.2 Å². The molecule has 2 amide bonds. The Bertz CT molecular complexity index is 885. The smallest absolute Gasteiger partial charge is 0.359 e. The lowest BCUT2D eigenvalue weighted by molar-refractivity contribution is 0.0596. The average Bonchev–Trinajstić information content (AvgIpc) is 3.28. The number of methoxy groups -OCH3 is 1. The molecule has 0 unspecified atom stereocenters. The minimum atomic E-state index is -0.537. The van der Waals surface area contributed by atoms with E-state index in [1.165, 1.54) is 7.11 Å². The number of furan rings is 1. The number of hydrogen-bond acceptors (Lipinski definition) is 5. The number of benzene rings is 1. The van der Waals surface area contributed by atoms with E-state index in [0.29, 0.717) is 29.7 Å². The van der Waals surface area contributed by atoms with E-state index in [1.807, 2.05) is 13.0 Å². The molecule has 130 valence electrons. The van der Waals surface area contributed by atoms with Crippen molar-refractivity contribution in [3.05, 3.63) is 48.0 Å². The Hall–Kier alpha value is -3.29. The van der Waals surface area contributed by atoms with Crippen LogP contribution in [0.5, 0.6) is 0 Å². The molecule has 8 heteroatoms. The fraction of sp³-hybridized carbons (Fsp3) is 0.235. The third-order valence-corrected chi connectivity index (χ3v) is 3.82. The average molecular weight is 342 g/mol. The molecule has 0 radical (unpaired) electrons. The number of H-pyrrole nitrogens is 1. The van der Waals surface area contributed by atoms with Crippen LogP contribution in [0, 0.1) is 0 Å². The van der Waals surface area contributed by atoms with Crippen LogP contribution in [0.3, 0.4) is 0 Å². The van der Waals surface area contributed by atoms with Crippen LogP contribution in [0.1, 0.15) is 23.0 Å². The first kappa shape index (κ1) is 16.6. The Morgan fingerprint density at radius 3 is 2.88 bits per heavy atom. The maximum Gasteiger partial charge on any atom is 0.359 e. The van der Waals surface area contributed by atoms with Gasteiger partial charge in [-0.3, -0.25) is 5.10 Å². The predicted octanol–water partition coefficient (Wildman–Crippen LogP) is 3.00. The first-order chi connectivity index (χ1) is 12.1. The van der Waals surface area contributed by atoms with E-state index in [0.717, 1.165) is 5.56 Å². The van der Waals surface area contributed by atoms with E-state index in [4.69, 9.17) is 9.15 Å². The van der Waals surface area contributed by atoms with Gasteiger partial charge in [0.05, 0.1) is 31.7 Å². The number of aromatic nitrogens is 2. The summed E-state index contributed by atoms with van der Waals surface area (Å²) in [7, 11) is 1.30. The predicted molar refractivity (Wildman–Crippen MR) is 91.2 cm³/mol. The van der Waals surface area contributed by atoms with E-state index >= 15 is 0 Å². The summed E-state index contributed by atoms with van der Waals surface area (Å²) in [5.74, 6) is -0.537. The summed E-state index contributed by atoms with van der Waals surface area (Å²) >= 11 is 0. The molecule has 0 fully saturated rings. The van der Waals surface area contributed by atoms with Gasteiger partial charge in [-0.1, -0.05) is 0 Å². The van der Waals surface area contributed by atoms with Crippen LogP contribution in [-0.2, 0) is 11.3 Å². The number of amides is 2. The minimum Gasteiger partial charge on any atom is -0.472 e. The Morgan fingerprint density at radius 1 is 1.36 bits per heavy atom. The summed E-state index contributed by atoms with van der Waals surface area (Å²) in [6.45, 7) is 2.88. The first-order valence-corrected chi connectivity index (χ1v) is 7.75. The highest BCUT2D eigenvalue weighted by Gasteiger charge is 2.17. The molecule has 0 atom stereocenters. The monoisotopic (exact) mass is 342 g/mol. The Labute approximate surface area is 143 Å². The zero-order chi connectivity index (χ0) is 17.8. The maximum atomic E-state index is 12.5. The number of aromatic amines is 1. The van der Waals surface area contributed by atoms with Gasteiger partial charge in [0.25, 0.3) is 0 Å². The van der Waals surface area contributed by atoms with Gasteiger partial charge in [-0.2, -0.15) is 5.10 Å². The van der Waals surface area contributed by atoms with Gasteiger partial charge < -0.3 is 19.4 Å². The summed E-state index contributed by atoms with van der Waals surface area (Å²) in [6, 6.07) is 6.75. The topological polar surface area (TPSA) is 100 Å². The molecule has 2 aromatic heterocycles. The lowest BCUT2D eigenvalue weighted by Crippen LogP contribution is -2.34. The van der Waals surface area contributed by atoms with E-state index in [1.54, 1.807) is 35.6 Å². The molecule has 0 saturated heterocycles. The van der Waals surface area contributed by atoms with Crippen molar-refractivity contribution in [3.63, 3.8) is 0 Å². The zero-order valence-electron chi connectivity index (χ0n) is 13.9. The van der Waals surface area contributed by atoms with Crippen molar-refractivity contribution in [2.24, 2.45) is 0 Å². The van der Waals surface area contributed by atoms with Crippen molar-refractivity contribution in [1.82, 2.24) is 15.1 Å². The van der Waals surface area contributed by atoms with Crippen LogP contribution in [0.4, 0.5) is 10.5 Å². The van der Waals surface area contributed by atoms with Crippen LogP contribution in [0.25, 0.3) is 10.9 Å². The quantitative estimate of drug-likeness (QED) is 0.694. The molecule has 0 aliphatic heterocycles. The zero-order valence-corrected chi connectivity index (χ0v) is 13.9. The third kappa shape index (κ3) is 3.47. The van der Waals surface area contributed by atoms with E-state index in [9.17, 15) is 9.59 Å². The van der Waals surface area contributed by atoms with Gasteiger partial charge >= 0.3 is 12.0 Å². The molecular weight excluding hydrogens is 324 g/mol. The van der Waals surface area contributed by atoms with Gasteiger partial charge in [0.2, 0.25) is 0 Å². The Balaban J connectivity index is 1.79. The fourth-order valence-electron chi connectivity index (χ4n) is 2.48. The molecule has 0 spiro atoms. The number of ether oxygens (including phenoxy) is 1. The number of nitrogens with zero attached hydrogens (tertiary/aromatic N) is 2. The molecule has 25 heavy (non-hydrogen) atoms.